The standard InChI is InChI=1S/C22H23N3O2/c1-15-20(17(3)25(23-15)19-13-9-6-10-14-19)21(26)22(27)24(4)16(2)18-11-7-5-8-12-18/h5-14,16H,1-4H3/t16-/m1/s1. The van der Waals surface area contributed by atoms with Crippen molar-refractivity contribution in [3.8, 4) is 5.69 Å². The summed E-state index contributed by atoms with van der Waals surface area (Å²) in [4.78, 5) is 27.3. The molecule has 5 heteroatoms. The van der Waals surface area contributed by atoms with Crippen LogP contribution in [0.4, 0.5) is 0 Å². The molecule has 2 aromatic carbocycles. The summed E-state index contributed by atoms with van der Waals surface area (Å²) in [7, 11) is 1.66. The number of benzene rings is 2. The van der Waals surface area contributed by atoms with Crippen LogP contribution in [0, 0.1) is 13.8 Å². The Morgan fingerprint density at radius 3 is 2.11 bits per heavy atom. The zero-order chi connectivity index (χ0) is 19.6. The lowest BCUT2D eigenvalue weighted by Crippen LogP contribution is -2.35. The number of aryl methyl sites for hydroxylation is 1. The van der Waals surface area contributed by atoms with Crippen molar-refractivity contribution in [2.24, 2.45) is 0 Å². The van der Waals surface area contributed by atoms with Crippen LogP contribution in [-0.4, -0.2) is 33.4 Å². The largest absolute Gasteiger partial charge is 0.332 e. The maximum Gasteiger partial charge on any atom is 0.295 e. The average Bonchev–Trinajstić information content (AvgIpc) is 3.01. The minimum Gasteiger partial charge on any atom is -0.332 e. The number of nitrogens with zero attached hydrogens (tertiary/aromatic N) is 3. The molecule has 0 aliphatic carbocycles. The first kappa shape index (κ1) is 18.6. The summed E-state index contributed by atoms with van der Waals surface area (Å²) in [6, 6.07) is 19.0. The quantitative estimate of drug-likeness (QED) is 0.512. The number of para-hydroxylation sites is 1. The van der Waals surface area contributed by atoms with Gasteiger partial charge in [-0.15, -0.1) is 0 Å². The van der Waals surface area contributed by atoms with Gasteiger partial charge in [-0.1, -0.05) is 48.5 Å². The summed E-state index contributed by atoms with van der Waals surface area (Å²) < 4.78 is 1.70. The highest BCUT2D eigenvalue weighted by atomic mass is 16.2. The molecule has 0 aliphatic rings. The minimum atomic E-state index is -0.537. The molecule has 5 nitrogen and oxygen atoms in total. The summed E-state index contributed by atoms with van der Waals surface area (Å²) in [5, 5.41) is 4.47. The van der Waals surface area contributed by atoms with Gasteiger partial charge in [0.1, 0.15) is 0 Å². The van der Waals surface area contributed by atoms with Crippen molar-refractivity contribution in [1.82, 2.24) is 14.7 Å². The molecule has 0 bridgehead atoms. The number of hydrogen-bond acceptors (Lipinski definition) is 3. The molecule has 0 unspecified atom stereocenters. The fourth-order valence-corrected chi connectivity index (χ4v) is 3.19. The molecule has 0 saturated carbocycles. The molecular formula is C22H23N3O2. The van der Waals surface area contributed by atoms with E-state index >= 15 is 0 Å². The first-order valence-electron chi connectivity index (χ1n) is 8.90. The van der Waals surface area contributed by atoms with Crippen LogP contribution in [0.2, 0.25) is 0 Å². The van der Waals surface area contributed by atoms with Crippen molar-refractivity contribution in [2.75, 3.05) is 7.05 Å². The van der Waals surface area contributed by atoms with Gasteiger partial charge in [-0.25, -0.2) is 4.68 Å². The van der Waals surface area contributed by atoms with Gasteiger partial charge in [-0.05, 0) is 38.5 Å². The summed E-state index contributed by atoms with van der Waals surface area (Å²) in [6.07, 6.45) is 0. The lowest BCUT2D eigenvalue weighted by Gasteiger charge is -2.24. The van der Waals surface area contributed by atoms with E-state index in [0.29, 0.717) is 17.0 Å². The molecule has 27 heavy (non-hydrogen) atoms. The first-order chi connectivity index (χ1) is 12.9. The highest BCUT2D eigenvalue weighted by molar-refractivity contribution is 6.43. The Morgan fingerprint density at radius 2 is 1.52 bits per heavy atom. The van der Waals surface area contributed by atoms with Crippen molar-refractivity contribution in [3.63, 3.8) is 0 Å². The zero-order valence-corrected chi connectivity index (χ0v) is 16.0. The molecule has 1 amide bonds. The first-order valence-corrected chi connectivity index (χ1v) is 8.90. The summed E-state index contributed by atoms with van der Waals surface area (Å²) in [5.41, 5.74) is 3.43. The molecular weight excluding hydrogens is 338 g/mol. The minimum absolute atomic E-state index is 0.201. The molecule has 0 aliphatic heterocycles. The second-order valence-electron chi connectivity index (χ2n) is 6.63. The predicted octanol–water partition coefficient (Wildman–Crippen LogP) is 3.89. The summed E-state index contributed by atoms with van der Waals surface area (Å²) >= 11 is 0. The highest BCUT2D eigenvalue weighted by Gasteiger charge is 2.29. The van der Waals surface area contributed by atoms with Crippen LogP contribution in [0.15, 0.2) is 60.7 Å². The molecule has 0 radical (unpaired) electrons. The van der Waals surface area contributed by atoms with Gasteiger partial charge in [-0.2, -0.15) is 5.10 Å². The van der Waals surface area contributed by atoms with Crippen molar-refractivity contribution < 1.29 is 9.59 Å². The average molecular weight is 361 g/mol. The Morgan fingerprint density at radius 1 is 0.963 bits per heavy atom. The van der Waals surface area contributed by atoms with Gasteiger partial charge >= 0.3 is 0 Å². The SMILES string of the molecule is Cc1nn(-c2ccccc2)c(C)c1C(=O)C(=O)N(C)[C@H](C)c1ccccc1. The second kappa shape index (κ2) is 7.58. The van der Waals surface area contributed by atoms with E-state index in [1.165, 1.54) is 4.90 Å². The van der Waals surface area contributed by atoms with E-state index in [1.54, 1.807) is 18.7 Å². The van der Waals surface area contributed by atoms with Crippen LogP contribution in [0.3, 0.4) is 0 Å². The third-order valence-corrected chi connectivity index (χ3v) is 4.90. The molecule has 0 N–H and O–H groups in total. The van der Waals surface area contributed by atoms with Crippen LogP contribution >= 0.6 is 0 Å². The lowest BCUT2D eigenvalue weighted by atomic mass is 10.0. The van der Waals surface area contributed by atoms with E-state index < -0.39 is 11.7 Å². The molecule has 0 fully saturated rings. The molecule has 1 atom stereocenters. The van der Waals surface area contributed by atoms with Gasteiger partial charge in [-0.3, -0.25) is 9.59 Å². The zero-order valence-electron chi connectivity index (χ0n) is 16.0. The van der Waals surface area contributed by atoms with Crippen LogP contribution in [-0.2, 0) is 4.79 Å². The normalized spacial score (nSPS) is 11.9. The second-order valence-corrected chi connectivity index (χ2v) is 6.63. The number of aromatic nitrogens is 2. The third kappa shape index (κ3) is 3.53. The lowest BCUT2D eigenvalue weighted by molar-refractivity contribution is -0.127. The van der Waals surface area contributed by atoms with Crippen LogP contribution in [0.25, 0.3) is 5.69 Å². The van der Waals surface area contributed by atoms with Crippen LogP contribution in [0.5, 0.6) is 0 Å². The van der Waals surface area contributed by atoms with E-state index in [9.17, 15) is 9.59 Å². The highest BCUT2D eigenvalue weighted by Crippen LogP contribution is 2.22. The van der Waals surface area contributed by atoms with Gasteiger partial charge in [0.25, 0.3) is 11.7 Å². The number of ketones is 1. The molecule has 138 valence electrons. The Bertz CT molecular complexity index is 962. The molecule has 3 rings (SSSR count). The maximum atomic E-state index is 13.0. The fraction of sp³-hybridized carbons (Fsp3) is 0.227. The third-order valence-electron chi connectivity index (χ3n) is 4.90. The van der Waals surface area contributed by atoms with Crippen molar-refractivity contribution >= 4 is 11.7 Å². The van der Waals surface area contributed by atoms with E-state index in [4.69, 9.17) is 0 Å². The molecule has 0 spiro atoms. The number of likely N-dealkylation sites (N-methyl/N-ethyl adjacent to an activating group) is 1. The Hall–Kier alpha value is -3.21. The Balaban J connectivity index is 1.90. The number of Topliss-reactive ketones (excluding diaryl/α,β-unsaturated/α-hetero) is 1. The number of hydrogen-bond donors (Lipinski definition) is 0. The Labute approximate surface area is 159 Å². The maximum absolute atomic E-state index is 13.0. The monoisotopic (exact) mass is 361 g/mol. The van der Waals surface area contributed by atoms with Gasteiger partial charge in [0, 0.05) is 7.05 Å². The van der Waals surface area contributed by atoms with Gasteiger partial charge in [0.05, 0.1) is 28.7 Å². The van der Waals surface area contributed by atoms with E-state index in [-0.39, 0.29) is 6.04 Å². The van der Waals surface area contributed by atoms with Crippen LogP contribution < -0.4 is 0 Å². The van der Waals surface area contributed by atoms with Gasteiger partial charge in [0.2, 0.25) is 0 Å². The molecule has 1 heterocycles. The number of carbonyl (C=O) groups excluding carboxylic acids is 2. The van der Waals surface area contributed by atoms with E-state index in [2.05, 4.69) is 5.10 Å². The fourth-order valence-electron chi connectivity index (χ4n) is 3.19. The van der Waals surface area contributed by atoms with Gasteiger partial charge < -0.3 is 4.90 Å². The van der Waals surface area contributed by atoms with Crippen molar-refractivity contribution in [1.29, 1.82) is 0 Å². The number of amides is 1. The molecule has 3 aromatic rings. The van der Waals surface area contributed by atoms with E-state index in [1.807, 2.05) is 74.5 Å². The predicted molar refractivity (Wildman–Crippen MR) is 105 cm³/mol. The smallest absolute Gasteiger partial charge is 0.295 e. The Kier molecular flexibility index (Phi) is 5.21. The number of carbonyl (C=O) groups is 2. The van der Waals surface area contributed by atoms with E-state index in [0.717, 1.165) is 11.3 Å². The number of rotatable bonds is 5. The van der Waals surface area contributed by atoms with Gasteiger partial charge in [0.15, 0.2) is 0 Å². The topological polar surface area (TPSA) is 55.2 Å². The van der Waals surface area contributed by atoms with Crippen molar-refractivity contribution in [2.45, 2.75) is 26.8 Å². The molecule has 0 saturated heterocycles. The summed E-state index contributed by atoms with van der Waals surface area (Å²) in [5.74, 6) is -1.07. The van der Waals surface area contributed by atoms with Crippen LogP contribution in [0.1, 0.15) is 40.3 Å². The van der Waals surface area contributed by atoms with Crippen molar-refractivity contribution in [3.05, 3.63) is 83.2 Å². The summed E-state index contributed by atoms with van der Waals surface area (Å²) in [6.45, 7) is 5.48. The molecule has 1 aromatic heterocycles.